The summed E-state index contributed by atoms with van der Waals surface area (Å²) in [6.07, 6.45) is -8.18. The Morgan fingerprint density at radius 2 is 1.59 bits per heavy atom. The van der Waals surface area contributed by atoms with Crippen LogP contribution in [0.1, 0.15) is 6.42 Å². The fraction of sp³-hybridized carbons (Fsp3) is 1.00. The first kappa shape index (κ1) is 17.3. The van der Waals surface area contributed by atoms with Crippen LogP contribution in [0.2, 0.25) is 0 Å². The first-order chi connectivity index (χ1) is 7.22. The van der Waals surface area contributed by atoms with E-state index >= 15 is 0 Å². The van der Waals surface area contributed by atoms with E-state index in [9.17, 15) is 23.2 Å². The van der Waals surface area contributed by atoms with Gasteiger partial charge in [-0.25, -0.2) is 8.42 Å². The van der Waals surface area contributed by atoms with Gasteiger partial charge in [0.05, 0.1) is 16.2 Å². The standard InChI is InChI=1S/C7H14O8S.Li/c8-4-3(1-2-16(12,13)14)15-7(11)6(10)5(4)9;/h3-11H,1-2H2,(H,12,13,14);/q;+1/p-1/t3-,4-,5+,6-,7?;/m1./s1. The molecule has 4 N–H and O–H groups in total. The van der Waals surface area contributed by atoms with E-state index in [1.165, 1.54) is 0 Å². The number of hydrogen-bond acceptors (Lipinski definition) is 8. The van der Waals surface area contributed by atoms with Gasteiger partial charge in [-0.05, 0) is 6.42 Å². The molecule has 1 aliphatic heterocycles. The second-order valence-electron chi connectivity index (χ2n) is 3.59. The molecule has 0 aromatic rings. The van der Waals surface area contributed by atoms with Crippen LogP contribution in [-0.2, 0) is 14.9 Å². The van der Waals surface area contributed by atoms with Crippen LogP contribution in [0.25, 0.3) is 0 Å². The maximum absolute atomic E-state index is 10.3. The van der Waals surface area contributed by atoms with Crippen LogP contribution in [0.4, 0.5) is 0 Å². The molecule has 1 rings (SSSR count). The van der Waals surface area contributed by atoms with Crippen LogP contribution >= 0.6 is 0 Å². The summed E-state index contributed by atoms with van der Waals surface area (Å²) >= 11 is 0. The van der Waals surface area contributed by atoms with Crippen LogP contribution in [0.5, 0.6) is 0 Å². The molecule has 0 bridgehead atoms. The third-order valence-electron chi connectivity index (χ3n) is 2.34. The van der Waals surface area contributed by atoms with Crippen molar-refractivity contribution in [2.75, 3.05) is 5.75 Å². The van der Waals surface area contributed by atoms with E-state index in [4.69, 9.17) is 10.2 Å². The van der Waals surface area contributed by atoms with Gasteiger partial charge in [0.15, 0.2) is 6.29 Å². The molecule has 1 saturated heterocycles. The zero-order valence-corrected chi connectivity index (χ0v) is 9.95. The largest absolute Gasteiger partial charge is 1.00 e. The van der Waals surface area contributed by atoms with Crippen molar-refractivity contribution in [3.63, 3.8) is 0 Å². The fourth-order valence-electron chi connectivity index (χ4n) is 1.43. The second kappa shape index (κ2) is 6.47. The molecule has 17 heavy (non-hydrogen) atoms. The Balaban J connectivity index is 0.00000256. The van der Waals surface area contributed by atoms with Gasteiger partial charge in [0, 0.05) is 5.75 Å². The number of ether oxygens (including phenoxy) is 1. The summed E-state index contributed by atoms with van der Waals surface area (Å²) < 4.78 is 35.7. The van der Waals surface area contributed by atoms with Gasteiger partial charge in [-0.2, -0.15) is 0 Å². The molecule has 10 heteroatoms. The molecule has 5 atom stereocenters. The summed E-state index contributed by atoms with van der Waals surface area (Å²) in [5.74, 6) is -0.787. The third kappa shape index (κ3) is 4.82. The molecular weight excluding hydrogens is 251 g/mol. The average Bonchev–Trinajstić information content (AvgIpc) is 2.17. The van der Waals surface area contributed by atoms with Gasteiger partial charge < -0.3 is 29.7 Å². The molecule has 1 fully saturated rings. The Morgan fingerprint density at radius 3 is 2.06 bits per heavy atom. The summed E-state index contributed by atoms with van der Waals surface area (Å²) in [7, 11) is -4.46. The number of aliphatic hydroxyl groups excluding tert-OH is 4. The minimum Gasteiger partial charge on any atom is -0.748 e. The smallest absolute Gasteiger partial charge is 0.748 e. The molecule has 0 amide bonds. The fourth-order valence-corrected chi connectivity index (χ4v) is 1.95. The molecule has 0 saturated carbocycles. The van der Waals surface area contributed by atoms with Gasteiger partial charge >= 0.3 is 18.9 Å². The van der Waals surface area contributed by atoms with E-state index in [1.54, 1.807) is 0 Å². The molecule has 0 radical (unpaired) electrons. The van der Waals surface area contributed by atoms with Crippen molar-refractivity contribution in [2.45, 2.75) is 37.1 Å². The Bertz CT molecular complexity index is 333. The Kier molecular flexibility index (Phi) is 6.58. The zero-order chi connectivity index (χ0) is 12.5. The average molecular weight is 264 g/mol. The van der Waals surface area contributed by atoms with Gasteiger partial charge in [0.2, 0.25) is 0 Å². The molecule has 0 aromatic carbocycles. The predicted molar refractivity (Wildman–Crippen MR) is 48.1 cm³/mol. The van der Waals surface area contributed by atoms with E-state index in [0.29, 0.717) is 0 Å². The monoisotopic (exact) mass is 264 g/mol. The van der Waals surface area contributed by atoms with Crippen LogP contribution in [0, 0.1) is 0 Å². The van der Waals surface area contributed by atoms with Crippen molar-refractivity contribution in [3.8, 4) is 0 Å². The van der Waals surface area contributed by atoms with Gasteiger partial charge in [0.25, 0.3) is 0 Å². The Morgan fingerprint density at radius 1 is 1.06 bits per heavy atom. The van der Waals surface area contributed by atoms with E-state index < -0.39 is 46.6 Å². The van der Waals surface area contributed by atoms with Crippen LogP contribution in [0.15, 0.2) is 0 Å². The minimum absolute atomic E-state index is 0. The Labute approximate surface area is 110 Å². The molecular formula is C7H13LiO8S. The van der Waals surface area contributed by atoms with Crippen LogP contribution in [-0.4, -0.2) is 69.9 Å². The summed E-state index contributed by atoms with van der Waals surface area (Å²) in [6, 6.07) is 0. The topological polar surface area (TPSA) is 147 Å². The summed E-state index contributed by atoms with van der Waals surface area (Å²) in [5.41, 5.74) is 0. The summed E-state index contributed by atoms with van der Waals surface area (Å²) in [6.45, 7) is 0. The van der Waals surface area contributed by atoms with Crippen molar-refractivity contribution < 1.29 is 57.0 Å². The number of aliphatic hydroxyl groups is 4. The van der Waals surface area contributed by atoms with Crippen LogP contribution < -0.4 is 18.9 Å². The van der Waals surface area contributed by atoms with Crippen molar-refractivity contribution in [1.29, 1.82) is 0 Å². The van der Waals surface area contributed by atoms with Crippen LogP contribution in [0.3, 0.4) is 0 Å². The first-order valence-corrected chi connectivity index (χ1v) is 6.11. The van der Waals surface area contributed by atoms with E-state index in [0.717, 1.165) is 0 Å². The second-order valence-corrected chi connectivity index (χ2v) is 5.11. The molecule has 1 aliphatic rings. The quantitative estimate of drug-likeness (QED) is 0.290. The first-order valence-electron chi connectivity index (χ1n) is 4.53. The molecule has 0 spiro atoms. The predicted octanol–water partition coefficient (Wildman–Crippen LogP) is -6.27. The summed E-state index contributed by atoms with van der Waals surface area (Å²) in [5, 5.41) is 36.8. The Hall–Kier alpha value is 0.307. The van der Waals surface area contributed by atoms with E-state index in [2.05, 4.69) is 4.74 Å². The molecule has 1 unspecified atom stereocenters. The van der Waals surface area contributed by atoms with Gasteiger partial charge in [-0.15, -0.1) is 0 Å². The summed E-state index contributed by atoms with van der Waals surface area (Å²) in [4.78, 5) is 0. The molecule has 8 nitrogen and oxygen atoms in total. The van der Waals surface area contributed by atoms with Gasteiger partial charge in [-0.3, -0.25) is 0 Å². The van der Waals surface area contributed by atoms with Gasteiger partial charge in [-0.1, -0.05) is 0 Å². The molecule has 0 aromatic heterocycles. The van der Waals surface area contributed by atoms with Crippen molar-refractivity contribution in [2.24, 2.45) is 0 Å². The number of hydrogen-bond donors (Lipinski definition) is 4. The number of rotatable bonds is 3. The van der Waals surface area contributed by atoms with Crippen molar-refractivity contribution >= 4 is 10.1 Å². The van der Waals surface area contributed by atoms with E-state index in [-0.39, 0.29) is 25.3 Å². The zero-order valence-electron chi connectivity index (χ0n) is 9.13. The SMILES string of the molecule is O=S(=O)([O-])CC[C@H]1OC(O)[C@H](O)[C@@H](O)[C@@H]1O.[Li+]. The maximum Gasteiger partial charge on any atom is 1.00 e. The molecule has 0 aliphatic carbocycles. The van der Waals surface area contributed by atoms with Crippen molar-refractivity contribution in [1.82, 2.24) is 0 Å². The van der Waals surface area contributed by atoms with Crippen molar-refractivity contribution in [3.05, 3.63) is 0 Å². The molecule has 1 heterocycles. The maximum atomic E-state index is 10.3. The normalized spacial score (nSPS) is 38.5. The minimum atomic E-state index is -4.46. The third-order valence-corrected chi connectivity index (χ3v) is 3.08. The molecule has 96 valence electrons. The van der Waals surface area contributed by atoms with E-state index in [1.807, 2.05) is 0 Å². The van der Waals surface area contributed by atoms with Gasteiger partial charge in [0.1, 0.15) is 18.3 Å².